The van der Waals surface area contributed by atoms with Gasteiger partial charge in [0.1, 0.15) is 0 Å². The minimum Gasteiger partial charge on any atom is -0.462 e. The molecule has 1 rings (SSSR count). The van der Waals surface area contributed by atoms with E-state index in [-0.39, 0.29) is 11.8 Å². The maximum Gasteiger partial charge on any atom is 0.338 e. The van der Waals surface area contributed by atoms with E-state index in [0.717, 1.165) is 12.0 Å². The van der Waals surface area contributed by atoms with Crippen LogP contribution in [0.5, 0.6) is 0 Å². The largest absolute Gasteiger partial charge is 0.462 e. The monoisotopic (exact) mass is 234 g/mol. The van der Waals surface area contributed by atoms with Crippen LogP contribution >= 0.6 is 0 Å². The Labute approximate surface area is 102 Å². The van der Waals surface area contributed by atoms with E-state index < -0.39 is 0 Å². The van der Waals surface area contributed by atoms with Gasteiger partial charge in [-0.1, -0.05) is 26.0 Å². The number of ether oxygens (including phenoxy) is 1. The maximum atomic E-state index is 11.8. The van der Waals surface area contributed by atoms with Gasteiger partial charge >= 0.3 is 5.97 Å². The van der Waals surface area contributed by atoms with E-state index in [4.69, 9.17) is 4.74 Å². The summed E-state index contributed by atoms with van der Waals surface area (Å²) in [4.78, 5) is 23.3. The molecule has 3 heteroatoms. The SMILES string of the molecule is CCOC(=O)c1cc(C(=O)CC)ccc1CC. The number of aryl methyl sites for hydroxylation is 1. The Morgan fingerprint density at radius 3 is 2.41 bits per heavy atom. The summed E-state index contributed by atoms with van der Waals surface area (Å²) in [5.74, 6) is -0.312. The quantitative estimate of drug-likeness (QED) is 0.581. The molecule has 17 heavy (non-hydrogen) atoms. The lowest BCUT2D eigenvalue weighted by molar-refractivity contribution is 0.0525. The van der Waals surface area contributed by atoms with Gasteiger partial charge in [-0.05, 0) is 25.0 Å². The Bertz CT molecular complexity index is 421. The highest BCUT2D eigenvalue weighted by Crippen LogP contribution is 2.15. The zero-order chi connectivity index (χ0) is 12.8. The summed E-state index contributed by atoms with van der Waals surface area (Å²) in [6.07, 6.45) is 1.18. The first-order valence-electron chi connectivity index (χ1n) is 5.97. The summed E-state index contributed by atoms with van der Waals surface area (Å²) in [5, 5.41) is 0. The first-order valence-corrected chi connectivity index (χ1v) is 5.97. The third kappa shape index (κ3) is 3.16. The molecule has 0 fully saturated rings. The van der Waals surface area contributed by atoms with Crippen molar-refractivity contribution in [3.05, 3.63) is 34.9 Å². The molecule has 0 spiro atoms. The van der Waals surface area contributed by atoms with Gasteiger partial charge < -0.3 is 4.74 Å². The van der Waals surface area contributed by atoms with Gasteiger partial charge in [-0.15, -0.1) is 0 Å². The second-order valence-corrected chi connectivity index (χ2v) is 3.72. The number of esters is 1. The molecule has 0 aliphatic carbocycles. The van der Waals surface area contributed by atoms with Crippen LogP contribution < -0.4 is 0 Å². The predicted octanol–water partition coefficient (Wildman–Crippen LogP) is 3.02. The zero-order valence-corrected chi connectivity index (χ0v) is 10.6. The molecule has 92 valence electrons. The minimum absolute atomic E-state index is 0.0400. The van der Waals surface area contributed by atoms with Gasteiger partial charge in [-0.25, -0.2) is 4.79 Å². The van der Waals surface area contributed by atoms with E-state index in [2.05, 4.69) is 0 Å². The summed E-state index contributed by atoms with van der Waals surface area (Å²) >= 11 is 0. The Morgan fingerprint density at radius 1 is 1.18 bits per heavy atom. The molecule has 0 heterocycles. The molecule has 0 atom stereocenters. The standard InChI is InChI=1S/C14H18O3/c1-4-10-7-8-11(13(15)5-2)9-12(10)14(16)17-6-3/h7-9H,4-6H2,1-3H3. The lowest BCUT2D eigenvalue weighted by Crippen LogP contribution is -2.10. The summed E-state index contributed by atoms with van der Waals surface area (Å²) in [7, 11) is 0. The summed E-state index contributed by atoms with van der Waals surface area (Å²) in [6.45, 7) is 5.89. The van der Waals surface area contributed by atoms with E-state index in [1.54, 1.807) is 26.0 Å². The Balaban J connectivity index is 3.15. The third-order valence-corrected chi connectivity index (χ3v) is 2.63. The first kappa shape index (κ1) is 13.4. The van der Waals surface area contributed by atoms with Gasteiger partial charge in [0.25, 0.3) is 0 Å². The second-order valence-electron chi connectivity index (χ2n) is 3.72. The van der Waals surface area contributed by atoms with Crippen molar-refractivity contribution < 1.29 is 14.3 Å². The Hall–Kier alpha value is -1.64. The molecule has 1 aromatic carbocycles. The summed E-state index contributed by atoms with van der Waals surface area (Å²) < 4.78 is 4.99. The number of benzene rings is 1. The highest BCUT2D eigenvalue weighted by atomic mass is 16.5. The van der Waals surface area contributed by atoms with Crippen molar-refractivity contribution in [1.29, 1.82) is 0 Å². The molecular weight excluding hydrogens is 216 g/mol. The van der Waals surface area contributed by atoms with Crippen molar-refractivity contribution in [3.8, 4) is 0 Å². The van der Waals surface area contributed by atoms with Crippen LogP contribution in [0.1, 0.15) is 53.5 Å². The number of carbonyl (C=O) groups is 2. The summed E-state index contributed by atoms with van der Waals surface area (Å²) in [6, 6.07) is 5.24. The molecule has 0 aromatic heterocycles. The average Bonchev–Trinajstić information content (AvgIpc) is 2.37. The molecule has 0 bridgehead atoms. The third-order valence-electron chi connectivity index (χ3n) is 2.63. The molecule has 0 N–H and O–H groups in total. The Kier molecular flexibility index (Phi) is 4.88. The van der Waals surface area contributed by atoms with Crippen LogP contribution in [0.15, 0.2) is 18.2 Å². The molecular formula is C14H18O3. The van der Waals surface area contributed by atoms with E-state index in [1.807, 2.05) is 13.0 Å². The van der Waals surface area contributed by atoms with Crippen LogP contribution in [0.25, 0.3) is 0 Å². The molecule has 0 amide bonds. The zero-order valence-electron chi connectivity index (χ0n) is 10.6. The highest BCUT2D eigenvalue weighted by molar-refractivity contribution is 5.99. The Morgan fingerprint density at radius 2 is 1.88 bits per heavy atom. The fourth-order valence-electron chi connectivity index (χ4n) is 1.66. The second kappa shape index (κ2) is 6.18. The van der Waals surface area contributed by atoms with Gasteiger partial charge in [0, 0.05) is 12.0 Å². The number of Topliss-reactive ketones (excluding diaryl/α,β-unsaturated/α-hetero) is 1. The molecule has 1 aromatic rings. The van der Waals surface area contributed by atoms with Gasteiger partial charge in [0.15, 0.2) is 5.78 Å². The predicted molar refractivity (Wildman–Crippen MR) is 66.4 cm³/mol. The first-order chi connectivity index (χ1) is 8.13. The van der Waals surface area contributed by atoms with Crippen LogP contribution in [-0.2, 0) is 11.2 Å². The van der Waals surface area contributed by atoms with Crippen molar-refractivity contribution >= 4 is 11.8 Å². The van der Waals surface area contributed by atoms with Crippen LogP contribution in [-0.4, -0.2) is 18.4 Å². The van der Waals surface area contributed by atoms with Crippen LogP contribution in [0, 0.1) is 0 Å². The van der Waals surface area contributed by atoms with Crippen molar-refractivity contribution in [2.75, 3.05) is 6.61 Å². The molecule has 0 unspecified atom stereocenters. The van der Waals surface area contributed by atoms with Gasteiger partial charge in [-0.3, -0.25) is 4.79 Å². The van der Waals surface area contributed by atoms with E-state index in [0.29, 0.717) is 24.2 Å². The van der Waals surface area contributed by atoms with Gasteiger partial charge in [-0.2, -0.15) is 0 Å². The van der Waals surface area contributed by atoms with Gasteiger partial charge in [0.2, 0.25) is 0 Å². The molecule has 0 saturated heterocycles. The number of carbonyl (C=O) groups excluding carboxylic acids is 2. The number of rotatable bonds is 5. The lowest BCUT2D eigenvalue weighted by Gasteiger charge is -2.09. The molecule has 0 saturated carbocycles. The van der Waals surface area contributed by atoms with Crippen molar-refractivity contribution in [2.45, 2.75) is 33.6 Å². The number of ketones is 1. The van der Waals surface area contributed by atoms with Crippen LogP contribution in [0.4, 0.5) is 0 Å². The lowest BCUT2D eigenvalue weighted by atomic mass is 9.99. The van der Waals surface area contributed by atoms with E-state index >= 15 is 0 Å². The van der Waals surface area contributed by atoms with Gasteiger partial charge in [0.05, 0.1) is 12.2 Å². The van der Waals surface area contributed by atoms with Crippen LogP contribution in [0.2, 0.25) is 0 Å². The smallest absolute Gasteiger partial charge is 0.338 e. The summed E-state index contributed by atoms with van der Waals surface area (Å²) in [5.41, 5.74) is 2.00. The maximum absolute atomic E-state index is 11.8. The van der Waals surface area contributed by atoms with Crippen LogP contribution in [0.3, 0.4) is 0 Å². The van der Waals surface area contributed by atoms with Crippen molar-refractivity contribution in [2.24, 2.45) is 0 Å². The molecule has 3 nitrogen and oxygen atoms in total. The van der Waals surface area contributed by atoms with E-state index in [1.165, 1.54) is 0 Å². The fourth-order valence-corrected chi connectivity index (χ4v) is 1.66. The minimum atomic E-state index is -0.352. The average molecular weight is 234 g/mol. The molecule has 0 aliphatic heterocycles. The highest BCUT2D eigenvalue weighted by Gasteiger charge is 2.14. The number of hydrogen-bond acceptors (Lipinski definition) is 3. The normalized spacial score (nSPS) is 10.1. The molecule has 0 radical (unpaired) electrons. The fraction of sp³-hybridized carbons (Fsp3) is 0.429. The molecule has 0 aliphatic rings. The number of hydrogen-bond donors (Lipinski definition) is 0. The van der Waals surface area contributed by atoms with Crippen molar-refractivity contribution in [1.82, 2.24) is 0 Å². The topological polar surface area (TPSA) is 43.4 Å². The van der Waals surface area contributed by atoms with E-state index in [9.17, 15) is 9.59 Å². The van der Waals surface area contributed by atoms with Crippen molar-refractivity contribution in [3.63, 3.8) is 0 Å².